The smallest absolute Gasteiger partial charge is 0.305 e. The Bertz CT molecular complexity index is 826. The lowest BCUT2D eigenvalue weighted by atomic mass is 9.95. The number of imide groups is 1. The molecule has 0 bridgehead atoms. The number of hydrogen-bond donors (Lipinski definition) is 3. The van der Waals surface area contributed by atoms with E-state index in [2.05, 4.69) is 4.74 Å². The van der Waals surface area contributed by atoms with Crippen molar-refractivity contribution in [3.05, 3.63) is 35.4 Å². The van der Waals surface area contributed by atoms with Gasteiger partial charge in [0, 0.05) is 13.0 Å². The molecular formula is C24H33NO9. The lowest BCUT2D eigenvalue weighted by molar-refractivity contribution is -0.279. The first-order valence-corrected chi connectivity index (χ1v) is 11.7. The van der Waals surface area contributed by atoms with Gasteiger partial charge in [-0.25, -0.2) is 0 Å². The number of carbonyl (C=O) groups is 3. The molecule has 0 saturated carbocycles. The zero-order valence-electron chi connectivity index (χ0n) is 19.3. The SMILES string of the molecule is COC(=O)CCCCCCCCO[C@@H]1O[C@H](CO)[C@H](O)[C@@H](O)[C@H]1N1C(=O)c2ccccc2C1=O. The maximum Gasteiger partial charge on any atom is 0.305 e. The zero-order valence-corrected chi connectivity index (χ0v) is 19.3. The average molecular weight is 480 g/mol. The summed E-state index contributed by atoms with van der Waals surface area (Å²) in [5.41, 5.74) is 0.425. The number of esters is 1. The Kier molecular flexibility index (Phi) is 9.54. The number of amides is 2. The van der Waals surface area contributed by atoms with E-state index in [4.69, 9.17) is 9.47 Å². The van der Waals surface area contributed by atoms with Crippen molar-refractivity contribution in [1.29, 1.82) is 0 Å². The van der Waals surface area contributed by atoms with Crippen LogP contribution < -0.4 is 0 Å². The highest BCUT2D eigenvalue weighted by molar-refractivity contribution is 6.21. The Morgan fingerprint density at radius 2 is 1.56 bits per heavy atom. The van der Waals surface area contributed by atoms with E-state index < -0.39 is 49.1 Å². The first-order chi connectivity index (χ1) is 16.4. The number of aliphatic hydroxyl groups excluding tert-OH is 3. The van der Waals surface area contributed by atoms with Crippen LogP contribution in [0.1, 0.15) is 65.7 Å². The van der Waals surface area contributed by atoms with Crippen molar-refractivity contribution in [2.75, 3.05) is 20.3 Å². The third kappa shape index (κ3) is 5.81. The molecule has 2 amide bonds. The van der Waals surface area contributed by atoms with Gasteiger partial charge in [0.15, 0.2) is 6.29 Å². The summed E-state index contributed by atoms with van der Waals surface area (Å²) in [6.45, 7) is -0.314. The fourth-order valence-corrected chi connectivity index (χ4v) is 4.34. The van der Waals surface area contributed by atoms with Crippen molar-refractivity contribution >= 4 is 17.8 Å². The predicted octanol–water partition coefficient (Wildman–Crippen LogP) is 1.01. The molecule has 0 radical (unpaired) electrons. The van der Waals surface area contributed by atoms with Crippen LogP contribution in [0.15, 0.2) is 24.3 Å². The van der Waals surface area contributed by atoms with Gasteiger partial charge in [-0.1, -0.05) is 37.8 Å². The highest BCUT2D eigenvalue weighted by atomic mass is 16.7. The van der Waals surface area contributed by atoms with Crippen molar-refractivity contribution in [3.63, 3.8) is 0 Å². The van der Waals surface area contributed by atoms with E-state index in [1.54, 1.807) is 12.1 Å². The van der Waals surface area contributed by atoms with Gasteiger partial charge in [0.2, 0.25) is 0 Å². The highest BCUT2D eigenvalue weighted by Gasteiger charge is 2.53. The number of aliphatic hydroxyl groups is 3. The maximum atomic E-state index is 12.9. The third-order valence-corrected chi connectivity index (χ3v) is 6.26. The van der Waals surface area contributed by atoms with Gasteiger partial charge in [-0.3, -0.25) is 19.3 Å². The minimum absolute atomic E-state index is 0.206. The molecule has 2 aliphatic heterocycles. The minimum atomic E-state index is -1.55. The molecule has 0 aromatic heterocycles. The van der Waals surface area contributed by atoms with Gasteiger partial charge < -0.3 is 29.5 Å². The molecule has 0 spiro atoms. The molecule has 1 saturated heterocycles. The van der Waals surface area contributed by atoms with Crippen molar-refractivity contribution in [3.8, 4) is 0 Å². The van der Waals surface area contributed by atoms with Crippen LogP contribution in [0.3, 0.4) is 0 Å². The van der Waals surface area contributed by atoms with Crippen LogP contribution in [0.25, 0.3) is 0 Å². The first-order valence-electron chi connectivity index (χ1n) is 11.7. The largest absolute Gasteiger partial charge is 0.469 e. The van der Waals surface area contributed by atoms with E-state index in [0.29, 0.717) is 12.8 Å². The maximum absolute atomic E-state index is 12.9. The molecule has 3 rings (SSSR count). The van der Waals surface area contributed by atoms with E-state index in [-0.39, 0.29) is 23.7 Å². The predicted molar refractivity (Wildman–Crippen MR) is 119 cm³/mol. The van der Waals surface area contributed by atoms with Crippen LogP contribution >= 0.6 is 0 Å². The van der Waals surface area contributed by atoms with Crippen LogP contribution in [0.4, 0.5) is 0 Å². The van der Waals surface area contributed by atoms with Gasteiger partial charge in [-0.15, -0.1) is 0 Å². The number of unbranched alkanes of at least 4 members (excludes halogenated alkanes) is 5. The minimum Gasteiger partial charge on any atom is -0.469 e. The molecule has 5 atom stereocenters. The van der Waals surface area contributed by atoms with Gasteiger partial charge in [0.1, 0.15) is 24.4 Å². The Balaban J connectivity index is 1.56. The second kappa shape index (κ2) is 12.4. The summed E-state index contributed by atoms with van der Waals surface area (Å²) in [5.74, 6) is -1.39. The number of fused-ring (bicyclic) bond motifs is 1. The molecule has 1 fully saturated rings. The van der Waals surface area contributed by atoms with Crippen LogP contribution in [0, 0.1) is 0 Å². The van der Waals surface area contributed by atoms with Gasteiger partial charge in [-0.05, 0) is 25.0 Å². The number of hydrogen-bond acceptors (Lipinski definition) is 9. The summed E-state index contributed by atoms with van der Waals surface area (Å²) in [5, 5.41) is 30.7. The van der Waals surface area contributed by atoms with E-state index >= 15 is 0 Å². The lowest BCUT2D eigenvalue weighted by Crippen LogP contribution is -2.65. The molecule has 1 aromatic carbocycles. The number of nitrogens with zero attached hydrogens (tertiary/aromatic N) is 1. The topological polar surface area (TPSA) is 143 Å². The molecular weight excluding hydrogens is 446 g/mol. The lowest BCUT2D eigenvalue weighted by Gasteiger charge is -2.44. The van der Waals surface area contributed by atoms with Gasteiger partial charge in [0.05, 0.1) is 24.8 Å². The second-order valence-electron chi connectivity index (χ2n) is 8.54. The molecule has 3 N–H and O–H groups in total. The summed E-state index contributed by atoms with van der Waals surface area (Å²) >= 11 is 0. The Morgan fingerprint density at radius 1 is 0.971 bits per heavy atom. The molecule has 10 nitrogen and oxygen atoms in total. The normalized spacial score (nSPS) is 26.6. The summed E-state index contributed by atoms with van der Waals surface area (Å²) < 4.78 is 16.1. The molecule has 0 aliphatic carbocycles. The summed E-state index contributed by atoms with van der Waals surface area (Å²) in [4.78, 5) is 37.9. The standard InChI is InChI=1S/C24H33NO9/c1-32-18(27)12-6-4-2-3-5-9-13-33-24-19(21(29)20(28)17(14-26)34-24)25-22(30)15-10-7-8-11-16(15)23(25)31/h7-8,10-11,17,19-21,24,26,28-29H,2-6,9,12-14H2,1H3/t17-,19-,20+,21+,24-/m1/s1. The quantitative estimate of drug-likeness (QED) is 0.227. The molecule has 2 aliphatic rings. The van der Waals surface area contributed by atoms with Crippen molar-refractivity contribution in [1.82, 2.24) is 4.90 Å². The van der Waals surface area contributed by atoms with Gasteiger partial charge in [-0.2, -0.15) is 0 Å². The molecule has 0 unspecified atom stereocenters. The number of methoxy groups -OCH3 is 1. The van der Waals surface area contributed by atoms with E-state index in [9.17, 15) is 29.7 Å². The van der Waals surface area contributed by atoms with Crippen LogP contribution in [-0.2, 0) is 19.0 Å². The van der Waals surface area contributed by atoms with E-state index in [1.165, 1.54) is 19.2 Å². The monoisotopic (exact) mass is 479 g/mol. The first kappa shape index (κ1) is 26.2. The zero-order chi connectivity index (χ0) is 24.7. The fourth-order valence-electron chi connectivity index (χ4n) is 4.34. The fraction of sp³-hybridized carbons (Fsp3) is 0.625. The molecule has 2 heterocycles. The highest BCUT2D eigenvalue weighted by Crippen LogP contribution is 2.32. The average Bonchev–Trinajstić information content (AvgIpc) is 3.10. The summed E-state index contributed by atoms with van der Waals surface area (Å²) in [6.07, 6.45) is 0.208. The molecule has 34 heavy (non-hydrogen) atoms. The van der Waals surface area contributed by atoms with Crippen LogP contribution in [0.5, 0.6) is 0 Å². The van der Waals surface area contributed by atoms with Crippen molar-refractivity contribution in [2.24, 2.45) is 0 Å². The van der Waals surface area contributed by atoms with E-state index in [1.807, 2.05) is 0 Å². The molecule has 188 valence electrons. The Labute approximate surface area is 198 Å². The number of rotatable bonds is 12. The number of benzene rings is 1. The summed E-state index contributed by atoms with van der Waals surface area (Å²) in [7, 11) is 1.37. The summed E-state index contributed by atoms with van der Waals surface area (Å²) in [6, 6.07) is 5.07. The van der Waals surface area contributed by atoms with Gasteiger partial charge >= 0.3 is 5.97 Å². The van der Waals surface area contributed by atoms with Crippen LogP contribution in [0.2, 0.25) is 0 Å². The van der Waals surface area contributed by atoms with Crippen LogP contribution in [-0.4, -0.2) is 89.0 Å². The Morgan fingerprint density at radius 3 is 2.15 bits per heavy atom. The molecule has 1 aromatic rings. The number of ether oxygens (including phenoxy) is 3. The Hall–Kier alpha value is -2.37. The van der Waals surface area contributed by atoms with Crippen molar-refractivity contribution < 1.29 is 43.9 Å². The third-order valence-electron chi connectivity index (χ3n) is 6.26. The number of carbonyl (C=O) groups excluding carboxylic acids is 3. The van der Waals surface area contributed by atoms with E-state index in [0.717, 1.165) is 37.0 Å². The van der Waals surface area contributed by atoms with Gasteiger partial charge in [0.25, 0.3) is 11.8 Å². The van der Waals surface area contributed by atoms with Crippen molar-refractivity contribution in [2.45, 2.75) is 75.6 Å². The molecule has 10 heteroatoms. The second-order valence-corrected chi connectivity index (χ2v) is 8.54.